The molecule has 0 bridgehead atoms. The molecule has 1 aliphatic heterocycles. The van der Waals surface area contributed by atoms with E-state index in [4.69, 9.17) is 0 Å². The molecule has 20 heavy (non-hydrogen) atoms. The molecule has 1 aromatic heterocycles. The monoisotopic (exact) mass is 280 g/mol. The molecule has 0 aliphatic carbocycles. The molecule has 3 nitrogen and oxygen atoms in total. The van der Waals surface area contributed by atoms with Gasteiger partial charge in [0, 0.05) is 43.8 Å². The van der Waals surface area contributed by atoms with Crippen molar-refractivity contribution in [2.75, 3.05) is 19.6 Å². The highest BCUT2D eigenvalue weighted by Crippen LogP contribution is 2.22. The minimum Gasteiger partial charge on any atom is -0.389 e. The van der Waals surface area contributed by atoms with E-state index in [1.54, 1.807) is 6.07 Å². The van der Waals surface area contributed by atoms with Crippen LogP contribution in [0.25, 0.3) is 10.9 Å². The number of benzene rings is 1. The van der Waals surface area contributed by atoms with Gasteiger partial charge in [0.25, 0.3) is 0 Å². The highest BCUT2D eigenvalue weighted by atomic mass is 19.2. The summed E-state index contributed by atoms with van der Waals surface area (Å²) in [4.78, 5) is 2.19. The Balaban J connectivity index is 1.74. The third-order valence-electron chi connectivity index (χ3n) is 4.00. The minimum absolute atomic E-state index is 0.603. The van der Waals surface area contributed by atoms with Crippen LogP contribution >= 0.6 is 0 Å². The molecule has 0 saturated carbocycles. The van der Waals surface area contributed by atoms with Crippen molar-refractivity contribution in [2.24, 2.45) is 0 Å². The van der Waals surface area contributed by atoms with Gasteiger partial charge in [-0.3, -0.25) is 4.90 Å². The van der Waals surface area contributed by atoms with Gasteiger partial charge in [0.2, 0.25) is 0 Å². The highest BCUT2D eigenvalue weighted by molar-refractivity contribution is 5.80. The summed E-state index contributed by atoms with van der Waals surface area (Å²) >= 11 is 0. The van der Waals surface area contributed by atoms with Crippen molar-refractivity contribution >= 4 is 10.9 Å². The van der Waals surface area contributed by atoms with Gasteiger partial charge in [-0.05, 0) is 25.5 Å². The zero-order valence-electron chi connectivity index (χ0n) is 11.4. The summed E-state index contributed by atoms with van der Waals surface area (Å²) in [6.45, 7) is 4.87. The van der Waals surface area contributed by atoms with Crippen LogP contribution in [0.15, 0.2) is 24.4 Å². The SMILES string of the molecule is CC1(O)CCN(CCn2ccc3cc(F)c(F)cc32)C1. The smallest absolute Gasteiger partial charge is 0.160 e. The Morgan fingerprint density at radius 2 is 2.00 bits per heavy atom. The fourth-order valence-electron chi connectivity index (χ4n) is 2.86. The molecule has 5 heteroatoms. The molecule has 1 aromatic carbocycles. The third-order valence-corrected chi connectivity index (χ3v) is 4.00. The first-order chi connectivity index (χ1) is 9.44. The summed E-state index contributed by atoms with van der Waals surface area (Å²) in [5.74, 6) is -1.63. The van der Waals surface area contributed by atoms with Crippen molar-refractivity contribution < 1.29 is 13.9 Å². The number of nitrogens with zero attached hydrogens (tertiary/aromatic N) is 2. The molecule has 1 atom stereocenters. The number of β-amino-alcohol motifs (C(OH)–C–C–N with tert-alkyl or cyclic N) is 1. The van der Waals surface area contributed by atoms with Gasteiger partial charge in [0.05, 0.1) is 11.1 Å². The first kappa shape index (κ1) is 13.5. The molecule has 0 radical (unpaired) electrons. The summed E-state index contributed by atoms with van der Waals surface area (Å²) < 4.78 is 28.4. The van der Waals surface area contributed by atoms with Gasteiger partial charge < -0.3 is 9.67 Å². The second kappa shape index (κ2) is 4.82. The number of aromatic nitrogens is 1. The van der Waals surface area contributed by atoms with Gasteiger partial charge in [-0.2, -0.15) is 0 Å². The van der Waals surface area contributed by atoms with Crippen molar-refractivity contribution in [1.82, 2.24) is 9.47 Å². The second-order valence-electron chi connectivity index (χ2n) is 5.86. The van der Waals surface area contributed by atoms with Gasteiger partial charge in [-0.15, -0.1) is 0 Å². The van der Waals surface area contributed by atoms with Crippen LogP contribution in [0.4, 0.5) is 8.78 Å². The maximum atomic E-state index is 13.3. The minimum atomic E-state index is -0.818. The second-order valence-corrected chi connectivity index (χ2v) is 5.86. The summed E-state index contributed by atoms with van der Waals surface area (Å²) in [7, 11) is 0. The van der Waals surface area contributed by atoms with Crippen LogP contribution in [0.5, 0.6) is 0 Å². The molecular weight excluding hydrogens is 262 g/mol. The van der Waals surface area contributed by atoms with E-state index in [0.717, 1.165) is 19.5 Å². The van der Waals surface area contributed by atoms with Crippen LogP contribution in [-0.4, -0.2) is 39.8 Å². The molecular formula is C15H18F2N2O. The van der Waals surface area contributed by atoms with Crippen LogP contribution in [-0.2, 0) is 6.54 Å². The number of likely N-dealkylation sites (tertiary alicyclic amines) is 1. The van der Waals surface area contributed by atoms with Crippen LogP contribution in [0, 0.1) is 11.6 Å². The lowest BCUT2D eigenvalue weighted by Crippen LogP contribution is -2.31. The van der Waals surface area contributed by atoms with E-state index in [2.05, 4.69) is 4.90 Å². The van der Waals surface area contributed by atoms with Gasteiger partial charge in [-0.25, -0.2) is 8.78 Å². The van der Waals surface area contributed by atoms with E-state index < -0.39 is 17.2 Å². The number of fused-ring (bicyclic) bond motifs is 1. The first-order valence-corrected chi connectivity index (χ1v) is 6.83. The molecule has 2 aromatic rings. The topological polar surface area (TPSA) is 28.4 Å². The summed E-state index contributed by atoms with van der Waals surface area (Å²) in [6.07, 6.45) is 2.62. The number of hydrogen-bond acceptors (Lipinski definition) is 2. The predicted octanol–water partition coefficient (Wildman–Crippen LogP) is 2.38. The van der Waals surface area contributed by atoms with Crippen molar-refractivity contribution in [2.45, 2.75) is 25.5 Å². The zero-order chi connectivity index (χ0) is 14.3. The van der Waals surface area contributed by atoms with Gasteiger partial charge in [0.1, 0.15) is 0 Å². The molecule has 0 spiro atoms. The number of rotatable bonds is 3. The standard InChI is InChI=1S/C15H18F2N2O/c1-15(20)3-5-18(10-15)6-7-19-4-2-11-8-12(16)13(17)9-14(11)19/h2,4,8-9,20H,3,5-7,10H2,1H3. The van der Waals surface area contributed by atoms with Crippen LogP contribution in [0.3, 0.4) is 0 Å². The van der Waals surface area contributed by atoms with Gasteiger partial charge in [0.15, 0.2) is 11.6 Å². The highest BCUT2D eigenvalue weighted by Gasteiger charge is 2.30. The van der Waals surface area contributed by atoms with Crippen LogP contribution in [0.2, 0.25) is 0 Å². The maximum Gasteiger partial charge on any atom is 0.160 e. The largest absolute Gasteiger partial charge is 0.389 e. The lowest BCUT2D eigenvalue weighted by atomic mass is 10.1. The fourth-order valence-corrected chi connectivity index (χ4v) is 2.86. The fraction of sp³-hybridized carbons (Fsp3) is 0.467. The van der Waals surface area contributed by atoms with Gasteiger partial charge >= 0.3 is 0 Å². The average molecular weight is 280 g/mol. The predicted molar refractivity (Wildman–Crippen MR) is 73.5 cm³/mol. The van der Waals surface area contributed by atoms with Crippen molar-refractivity contribution in [3.05, 3.63) is 36.0 Å². The van der Waals surface area contributed by atoms with E-state index >= 15 is 0 Å². The number of halogens is 2. The quantitative estimate of drug-likeness (QED) is 0.935. The molecule has 1 unspecified atom stereocenters. The Morgan fingerprint density at radius 3 is 2.70 bits per heavy atom. The molecule has 1 aliphatic rings. The maximum absolute atomic E-state index is 13.3. The molecule has 1 N–H and O–H groups in total. The summed E-state index contributed by atoms with van der Waals surface area (Å²) in [5, 5.41) is 10.6. The third kappa shape index (κ3) is 2.55. The van der Waals surface area contributed by atoms with Gasteiger partial charge in [-0.1, -0.05) is 0 Å². The van der Waals surface area contributed by atoms with E-state index in [0.29, 0.717) is 24.0 Å². The van der Waals surface area contributed by atoms with Crippen LogP contribution in [0.1, 0.15) is 13.3 Å². The molecule has 2 heterocycles. The molecule has 1 fully saturated rings. The lowest BCUT2D eigenvalue weighted by Gasteiger charge is -2.19. The molecule has 108 valence electrons. The number of aliphatic hydroxyl groups is 1. The molecule has 1 saturated heterocycles. The Morgan fingerprint density at radius 1 is 1.25 bits per heavy atom. The Bertz CT molecular complexity index is 636. The van der Waals surface area contributed by atoms with E-state index in [1.165, 1.54) is 12.1 Å². The molecule has 3 rings (SSSR count). The van der Waals surface area contributed by atoms with Crippen molar-refractivity contribution in [3.63, 3.8) is 0 Å². The van der Waals surface area contributed by atoms with E-state index in [1.807, 2.05) is 17.7 Å². The summed E-state index contributed by atoms with van der Waals surface area (Å²) in [5.41, 5.74) is 0.100. The normalized spacial score (nSPS) is 23.8. The number of hydrogen-bond donors (Lipinski definition) is 1. The van der Waals surface area contributed by atoms with Crippen LogP contribution < -0.4 is 0 Å². The summed E-state index contributed by atoms with van der Waals surface area (Å²) in [6, 6.07) is 4.25. The van der Waals surface area contributed by atoms with E-state index in [-0.39, 0.29) is 0 Å². The first-order valence-electron chi connectivity index (χ1n) is 6.83. The van der Waals surface area contributed by atoms with Crippen molar-refractivity contribution in [3.8, 4) is 0 Å². The Kier molecular flexibility index (Phi) is 3.26. The van der Waals surface area contributed by atoms with Crippen molar-refractivity contribution in [1.29, 1.82) is 0 Å². The van der Waals surface area contributed by atoms with E-state index in [9.17, 15) is 13.9 Å². The average Bonchev–Trinajstić information content (AvgIpc) is 2.91. The lowest BCUT2D eigenvalue weighted by molar-refractivity contribution is 0.0684. The Hall–Kier alpha value is -1.46. The zero-order valence-corrected chi connectivity index (χ0v) is 11.4. The Labute approximate surface area is 116 Å². The molecule has 0 amide bonds.